The Kier molecular flexibility index (Phi) is 3.47. The Labute approximate surface area is 120 Å². The van der Waals surface area contributed by atoms with Gasteiger partial charge in [0.15, 0.2) is 5.76 Å². The van der Waals surface area contributed by atoms with Crippen molar-refractivity contribution in [1.29, 1.82) is 0 Å². The molecule has 2 N–H and O–H groups in total. The molecule has 2 aromatic heterocycles. The zero-order chi connectivity index (χ0) is 13.9. The molecule has 102 valence electrons. The van der Waals surface area contributed by atoms with Crippen LogP contribution in [-0.2, 0) is 5.75 Å². The van der Waals surface area contributed by atoms with Crippen molar-refractivity contribution in [3.63, 3.8) is 0 Å². The Hall–Kier alpha value is -2.21. The number of benzene rings is 1. The lowest BCUT2D eigenvalue weighted by atomic mass is 10.2. The van der Waals surface area contributed by atoms with Crippen LogP contribution in [-0.4, -0.2) is 10.1 Å². The minimum Gasteiger partial charge on any atom is -0.461 e. The average molecular weight is 287 g/mol. The van der Waals surface area contributed by atoms with E-state index < -0.39 is 0 Å². The second-order valence-electron chi connectivity index (χ2n) is 4.30. The van der Waals surface area contributed by atoms with Gasteiger partial charge < -0.3 is 14.7 Å². The van der Waals surface area contributed by atoms with E-state index in [2.05, 4.69) is 10.1 Å². The van der Waals surface area contributed by atoms with Crippen molar-refractivity contribution in [2.45, 2.75) is 17.6 Å². The summed E-state index contributed by atoms with van der Waals surface area (Å²) in [6, 6.07) is 9.52. The summed E-state index contributed by atoms with van der Waals surface area (Å²) in [6.07, 6.45) is 1.58. The highest BCUT2D eigenvalue weighted by Gasteiger charge is 2.11. The van der Waals surface area contributed by atoms with E-state index in [9.17, 15) is 0 Å². The number of nitrogens with two attached hydrogens (primary N) is 1. The van der Waals surface area contributed by atoms with E-state index in [0.29, 0.717) is 23.2 Å². The Morgan fingerprint density at radius 1 is 1.30 bits per heavy atom. The van der Waals surface area contributed by atoms with Crippen molar-refractivity contribution in [1.82, 2.24) is 10.1 Å². The molecule has 0 aliphatic rings. The first-order valence-corrected chi connectivity index (χ1v) is 7.06. The molecule has 0 aliphatic heterocycles. The van der Waals surface area contributed by atoms with Crippen LogP contribution < -0.4 is 5.73 Å². The highest BCUT2D eigenvalue weighted by molar-refractivity contribution is 7.98. The number of aromatic nitrogens is 2. The summed E-state index contributed by atoms with van der Waals surface area (Å²) in [4.78, 5) is 5.41. The van der Waals surface area contributed by atoms with Gasteiger partial charge in [-0.25, -0.2) is 0 Å². The van der Waals surface area contributed by atoms with Gasteiger partial charge in [-0.2, -0.15) is 4.98 Å². The van der Waals surface area contributed by atoms with Gasteiger partial charge >= 0.3 is 0 Å². The lowest BCUT2D eigenvalue weighted by Gasteiger charge is -2.02. The number of anilines is 1. The SMILES string of the molecule is Cc1cc(SCc2nc(-c3ccco3)no2)ccc1N. The van der Waals surface area contributed by atoms with Gasteiger partial charge in [0.25, 0.3) is 0 Å². The second-order valence-corrected chi connectivity index (χ2v) is 5.34. The summed E-state index contributed by atoms with van der Waals surface area (Å²) in [7, 11) is 0. The van der Waals surface area contributed by atoms with Crippen molar-refractivity contribution in [2.75, 3.05) is 5.73 Å². The topological polar surface area (TPSA) is 78.1 Å². The number of nitrogens with zero attached hydrogens (tertiary/aromatic N) is 2. The van der Waals surface area contributed by atoms with Crippen LogP contribution in [0.1, 0.15) is 11.5 Å². The van der Waals surface area contributed by atoms with Crippen LogP contribution in [0.5, 0.6) is 0 Å². The number of furan rings is 1. The van der Waals surface area contributed by atoms with Crippen LogP contribution in [0.4, 0.5) is 5.69 Å². The summed E-state index contributed by atoms with van der Waals surface area (Å²) in [6.45, 7) is 1.99. The van der Waals surface area contributed by atoms with E-state index in [1.54, 1.807) is 30.2 Å². The van der Waals surface area contributed by atoms with Crippen LogP contribution >= 0.6 is 11.8 Å². The quantitative estimate of drug-likeness (QED) is 0.584. The third-order valence-corrected chi connectivity index (χ3v) is 3.79. The highest BCUT2D eigenvalue weighted by atomic mass is 32.2. The lowest BCUT2D eigenvalue weighted by Crippen LogP contribution is -1.89. The number of hydrogen-bond acceptors (Lipinski definition) is 6. The van der Waals surface area contributed by atoms with Crippen LogP contribution in [0.25, 0.3) is 11.6 Å². The Bertz CT molecular complexity index is 707. The van der Waals surface area contributed by atoms with Gasteiger partial charge in [0.2, 0.25) is 11.7 Å². The first kappa shape index (κ1) is 12.8. The van der Waals surface area contributed by atoms with E-state index in [-0.39, 0.29) is 0 Å². The fraction of sp³-hybridized carbons (Fsp3) is 0.143. The molecular formula is C14H13N3O2S. The first-order valence-electron chi connectivity index (χ1n) is 6.08. The van der Waals surface area contributed by atoms with Crippen LogP contribution in [0.15, 0.2) is 50.4 Å². The lowest BCUT2D eigenvalue weighted by molar-refractivity contribution is 0.390. The molecule has 0 amide bonds. The molecule has 6 heteroatoms. The molecule has 0 saturated heterocycles. The van der Waals surface area contributed by atoms with Gasteiger partial charge in [-0.15, -0.1) is 11.8 Å². The van der Waals surface area contributed by atoms with Crippen LogP contribution in [0, 0.1) is 6.92 Å². The number of hydrogen-bond donors (Lipinski definition) is 1. The second kappa shape index (κ2) is 5.42. The zero-order valence-electron chi connectivity index (χ0n) is 10.9. The summed E-state index contributed by atoms with van der Waals surface area (Å²) < 4.78 is 10.4. The molecule has 3 rings (SSSR count). The largest absolute Gasteiger partial charge is 0.461 e. The van der Waals surface area contributed by atoms with Crippen molar-refractivity contribution < 1.29 is 8.94 Å². The monoisotopic (exact) mass is 287 g/mol. The number of nitrogen functional groups attached to an aromatic ring is 1. The van der Waals surface area contributed by atoms with Gasteiger partial charge in [-0.3, -0.25) is 0 Å². The zero-order valence-corrected chi connectivity index (χ0v) is 11.7. The van der Waals surface area contributed by atoms with Gasteiger partial charge in [-0.1, -0.05) is 5.16 Å². The van der Waals surface area contributed by atoms with Gasteiger partial charge in [0.05, 0.1) is 12.0 Å². The molecule has 0 aliphatic carbocycles. The summed E-state index contributed by atoms with van der Waals surface area (Å²) in [5.74, 6) is 2.25. The van der Waals surface area contributed by atoms with E-state index in [4.69, 9.17) is 14.7 Å². The maximum atomic E-state index is 5.79. The van der Waals surface area contributed by atoms with Crippen molar-refractivity contribution >= 4 is 17.4 Å². The fourth-order valence-corrected chi connectivity index (χ4v) is 2.53. The van der Waals surface area contributed by atoms with Crippen molar-refractivity contribution in [3.8, 4) is 11.6 Å². The molecule has 0 radical (unpaired) electrons. The maximum absolute atomic E-state index is 5.79. The van der Waals surface area contributed by atoms with Crippen LogP contribution in [0.2, 0.25) is 0 Å². The number of aryl methyl sites for hydroxylation is 1. The third-order valence-electron chi connectivity index (χ3n) is 2.81. The molecule has 0 bridgehead atoms. The molecule has 1 aromatic carbocycles. The molecule has 0 spiro atoms. The molecule has 0 fully saturated rings. The molecule has 0 saturated carbocycles. The van der Waals surface area contributed by atoms with Gasteiger partial charge in [-0.05, 0) is 42.8 Å². The minimum absolute atomic E-state index is 0.471. The highest BCUT2D eigenvalue weighted by Crippen LogP contribution is 2.26. The molecule has 3 aromatic rings. The van der Waals surface area contributed by atoms with E-state index in [1.165, 1.54) is 0 Å². The number of thioether (sulfide) groups is 1. The molecule has 0 unspecified atom stereocenters. The molecule has 5 nitrogen and oxygen atoms in total. The fourth-order valence-electron chi connectivity index (χ4n) is 1.70. The standard InChI is InChI=1S/C14H13N3O2S/c1-9-7-10(4-5-11(9)15)20-8-13-16-14(17-19-13)12-3-2-6-18-12/h2-7H,8,15H2,1H3. The van der Waals surface area contributed by atoms with Gasteiger partial charge in [0.1, 0.15) is 0 Å². The smallest absolute Gasteiger partial charge is 0.238 e. The Balaban J connectivity index is 1.68. The van der Waals surface area contributed by atoms with Crippen LogP contribution in [0.3, 0.4) is 0 Å². The van der Waals surface area contributed by atoms with E-state index in [0.717, 1.165) is 16.1 Å². The summed E-state index contributed by atoms with van der Waals surface area (Å²) in [5, 5.41) is 3.89. The number of rotatable bonds is 4. The van der Waals surface area contributed by atoms with Gasteiger partial charge in [0, 0.05) is 10.6 Å². The third kappa shape index (κ3) is 2.70. The Morgan fingerprint density at radius 2 is 2.20 bits per heavy atom. The van der Waals surface area contributed by atoms with Crippen molar-refractivity contribution in [3.05, 3.63) is 48.0 Å². The Morgan fingerprint density at radius 3 is 2.95 bits per heavy atom. The predicted octanol–water partition coefficient (Wildman–Crippen LogP) is 3.51. The summed E-state index contributed by atoms with van der Waals surface area (Å²) >= 11 is 1.62. The first-order chi connectivity index (χ1) is 9.72. The average Bonchev–Trinajstić information content (AvgIpc) is 3.09. The minimum atomic E-state index is 0.471. The molecule has 2 heterocycles. The molecular weight excluding hydrogens is 274 g/mol. The predicted molar refractivity (Wildman–Crippen MR) is 77.2 cm³/mol. The van der Waals surface area contributed by atoms with Crippen molar-refractivity contribution in [2.24, 2.45) is 0 Å². The summed E-state index contributed by atoms with van der Waals surface area (Å²) in [5.41, 5.74) is 7.66. The maximum Gasteiger partial charge on any atom is 0.238 e. The molecule has 20 heavy (non-hydrogen) atoms. The normalized spacial score (nSPS) is 10.8. The van der Waals surface area contributed by atoms with E-state index in [1.807, 2.05) is 25.1 Å². The van der Waals surface area contributed by atoms with E-state index >= 15 is 0 Å². The molecule has 0 atom stereocenters.